The van der Waals surface area contributed by atoms with Crippen LogP contribution in [-0.4, -0.2) is 56.8 Å². The first kappa shape index (κ1) is 23.8. The minimum Gasteiger partial charge on any atom is -0.493 e. The van der Waals surface area contributed by atoms with Gasteiger partial charge in [-0.25, -0.2) is 4.79 Å². The first-order valence-corrected chi connectivity index (χ1v) is 10.5. The van der Waals surface area contributed by atoms with Crippen LogP contribution in [0.2, 0.25) is 0 Å². The van der Waals surface area contributed by atoms with Crippen molar-refractivity contribution in [1.82, 2.24) is 4.90 Å². The number of hydrogen-bond acceptors (Lipinski definition) is 7. The number of nitriles is 1. The molecule has 2 aromatic rings. The predicted molar refractivity (Wildman–Crippen MR) is 121 cm³/mol. The molecule has 1 aliphatic heterocycles. The van der Waals surface area contributed by atoms with E-state index in [0.717, 1.165) is 11.1 Å². The van der Waals surface area contributed by atoms with Gasteiger partial charge in [0.05, 0.1) is 20.3 Å². The molecule has 0 saturated carbocycles. The zero-order valence-electron chi connectivity index (χ0n) is 18.9. The Morgan fingerprint density at radius 1 is 1.09 bits per heavy atom. The molecule has 0 bridgehead atoms. The average Bonchev–Trinajstić information content (AvgIpc) is 2.84. The Kier molecular flexibility index (Phi) is 8.06. The summed E-state index contributed by atoms with van der Waals surface area (Å²) in [5, 5.41) is 9.47. The number of nitrogens with zero attached hydrogens (tertiary/aromatic N) is 2. The Morgan fingerprint density at radius 2 is 1.85 bits per heavy atom. The molecule has 1 fully saturated rings. The van der Waals surface area contributed by atoms with Crippen molar-refractivity contribution in [3.8, 4) is 23.3 Å². The molecule has 8 heteroatoms. The van der Waals surface area contributed by atoms with Crippen LogP contribution >= 0.6 is 0 Å². The number of ether oxygens (including phenoxy) is 4. The Labute approximate surface area is 192 Å². The molecule has 1 amide bonds. The molecular weight excluding hydrogens is 424 g/mol. The summed E-state index contributed by atoms with van der Waals surface area (Å²) < 4.78 is 21.6. The van der Waals surface area contributed by atoms with Crippen molar-refractivity contribution in [3.05, 3.63) is 58.7 Å². The number of carbonyl (C=O) groups excluding carboxylic acids is 2. The molecule has 0 spiro atoms. The van der Waals surface area contributed by atoms with Gasteiger partial charge in [-0.05, 0) is 54.8 Å². The summed E-state index contributed by atoms with van der Waals surface area (Å²) in [6, 6.07) is 12.5. The first-order valence-electron chi connectivity index (χ1n) is 10.5. The molecule has 172 valence electrons. The Morgan fingerprint density at radius 3 is 2.55 bits per heavy atom. The lowest BCUT2D eigenvalue weighted by molar-refractivity contribution is -0.136. The highest BCUT2D eigenvalue weighted by Gasteiger charge is 2.21. The molecule has 1 aliphatic rings. The second-order valence-electron chi connectivity index (χ2n) is 7.52. The highest BCUT2D eigenvalue weighted by atomic mass is 16.6. The third kappa shape index (κ3) is 6.34. The van der Waals surface area contributed by atoms with Crippen molar-refractivity contribution in [2.75, 3.05) is 40.0 Å². The highest BCUT2D eigenvalue weighted by Crippen LogP contribution is 2.29. The van der Waals surface area contributed by atoms with Crippen LogP contribution in [0.3, 0.4) is 0 Å². The largest absolute Gasteiger partial charge is 0.493 e. The molecule has 0 N–H and O–H groups in total. The van der Waals surface area contributed by atoms with Gasteiger partial charge in [-0.1, -0.05) is 18.2 Å². The molecule has 0 aromatic heterocycles. The van der Waals surface area contributed by atoms with E-state index in [0.29, 0.717) is 43.4 Å². The number of carbonyl (C=O) groups is 2. The maximum Gasteiger partial charge on any atom is 0.349 e. The maximum atomic E-state index is 12.6. The fourth-order valence-electron chi connectivity index (χ4n) is 3.26. The van der Waals surface area contributed by atoms with Gasteiger partial charge in [-0.2, -0.15) is 5.26 Å². The summed E-state index contributed by atoms with van der Waals surface area (Å²) in [4.78, 5) is 26.5. The number of morpholine rings is 1. The van der Waals surface area contributed by atoms with Crippen LogP contribution in [0.25, 0.3) is 6.08 Å². The van der Waals surface area contributed by atoms with Crippen LogP contribution in [0.15, 0.2) is 42.0 Å². The topological polar surface area (TPSA) is 98.1 Å². The first-order chi connectivity index (χ1) is 15.9. The molecule has 1 saturated heterocycles. The van der Waals surface area contributed by atoms with Crippen molar-refractivity contribution in [2.45, 2.75) is 13.8 Å². The Balaban J connectivity index is 1.69. The third-order valence-electron chi connectivity index (χ3n) is 5.06. The van der Waals surface area contributed by atoms with Crippen LogP contribution in [0, 0.1) is 25.2 Å². The van der Waals surface area contributed by atoms with Gasteiger partial charge in [-0.15, -0.1) is 0 Å². The molecule has 0 aliphatic carbocycles. The SMILES string of the molecule is COc1cc(/C=C(\C#N)C(=O)N2CCOCC2)ccc1OC(=O)COc1cc(C)ccc1C. The monoisotopic (exact) mass is 450 g/mol. The summed E-state index contributed by atoms with van der Waals surface area (Å²) in [5.41, 5.74) is 2.52. The number of rotatable bonds is 7. The smallest absolute Gasteiger partial charge is 0.349 e. The van der Waals surface area contributed by atoms with Crippen LogP contribution in [0.5, 0.6) is 17.2 Å². The fourth-order valence-corrected chi connectivity index (χ4v) is 3.26. The lowest BCUT2D eigenvalue weighted by Gasteiger charge is -2.26. The van der Waals surface area contributed by atoms with Crippen molar-refractivity contribution in [1.29, 1.82) is 5.26 Å². The van der Waals surface area contributed by atoms with E-state index in [2.05, 4.69) is 0 Å². The van der Waals surface area contributed by atoms with Crippen molar-refractivity contribution in [3.63, 3.8) is 0 Å². The fraction of sp³-hybridized carbons (Fsp3) is 0.320. The van der Waals surface area contributed by atoms with E-state index in [-0.39, 0.29) is 23.8 Å². The van der Waals surface area contributed by atoms with Gasteiger partial charge in [-0.3, -0.25) is 4.79 Å². The van der Waals surface area contributed by atoms with E-state index in [1.807, 2.05) is 38.1 Å². The summed E-state index contributed by atoms with van der Waals surface area (Å²) >= 11 is 0. The standard InChI is InChI=1S/C25H26N2O6/c1-17-4-5-18(2)22(12-17)32-16-24(28)33-21-7-6-19(14-23(21)30-3)13-20(15-26)25(29)27-8-10-31-11-9-27/h4-7,12-14H,8-11,16H2,1-3H3/b20-13+. The highest BCUT2D eigenvalue weighted by molar-refractivity contribution is 6.01. The minimum absolute atomic E-state index is 0.00521. The van der Waals surface area contributed by atoms with E-state index in [4.69, 9.17) is 18.9 Å². The van der Waals surface area contributed by atoms with E-state index >= 15 is 0 Å². The Bertz CT molecular complexity index is 1100. The van der Waals surface area contributed by atoms with Crippen molar-refractivity contribution < 1.29 is 28.5 Å². The van der Waals surface area contributed by atoms with Crippen LogP contribution in [-0.2, 0) is 14.3 Å². The van der Waals surface area contributed by atoms with Gasteiger partial charge in [0, 0.05) is 13.1 Å². The molecule has 2 aromatic carbocycles. The number of aryl methyl sites for hydroxylation is 2. The molecule has 8 nitrogen and oxygen atoms in total. The molecular formula is C25H26N2O6. The average molecular weight is 450 g/mol. The number of methoxy groups -OCH3 is 1. The van der Waals surface area contributed by atoms with Gasteiger partial charge in [0.25, 0.3) is 5.91 Å². The van der Waals surface area contributed by atoms with Gasteiger partial charge in [0.2, 0.25) is 0 Å². The zero-order chi connectivity index (χ0) is 23.8. The molecule has 1 heterocycles. The summed E-state index contributed by atoms with van der Waals surface area (Å²) in [6.45, 7) is 5.37. The van der Waals surface area contributed by atoms with Crippen LogP contribution in [0.4, 0.5) is 0 Å². The van der Waals surface area contributed by atoms with E-state index < -0.39 is 5.97 Å². The van der Waals surface area contributed by atoms with Crippen molar-refractivity contribution in [2.24, 2.45) is 0 Å². The lowest BCUT2D eigenvalue weighted by atomic mass is 10.1. The van der Waals surface area contributed by atoms with Gasteiger partial charge in [0.1, 0.15) is 17.4 Å². The van der Waals surface area contributed by atoms with Gasteiger partial charge < -0.3 is 23.8 Å². The van der Waals surface area contributed by atoms with Gasteiger partial charge in [0.15, 0.2) is 18.1 Å². The number of amides is 1. The van der Waals surface area contributed by atoms with Gasteiger partial charge >= 0.3 is 5.97 Å². The second kappa shape index (κ2) is 11.2. The zero-order valence-corrected chi connectivity index (χ0v) is 18.9. The predicted octanol–water partition coefficient (Wildman–Crippen LogP) is 3.06. The molecule has 33 heavy (non-hydrogen) atoms. The number of hydrogen-bond donors (Lipinski definition) is 0. The summed E-state index contributed by atoms with van der Waals surface area (Å²) in [7, 11) is 1.44. The van der Waals surface area contributed by atoms with Crippen LogP contribution < -0.4 is 14.2 Å². The molecule has 0 unspecified atom stereocenters. The number of benzene rings is 2. The summed E-state index contributed by atoms with van der Waals surface area (Å²) in [5.74, 6) is 0.187. The number of esters is 1. The third-order valence-corrected chi connectivity index (χ3v) is 5.06. The normalized spacial score (nSPS) is 13.8. The molecule has 3 rings (SSSR count). The molecule has 0 atom stereocenters. The quantitative estimate of drug-likeness (QED) is 0.277. The summed E-state index contributed by atoms with van der Waals surface area (Å²) in [6.07, 6.45) is 1.48. The molecule has 0 radical (unpaired) electrons. The lowest BCUT2D eigenvalue weighted by Crippen LogP contribution is -2.41. The maximum absolute atomic E-state index is 12.6. The second-order valence-corrected chi connectivity index (χ2v) is 7.52. The minimum atomic E-state index is -0.585. The van der Waals surface area contributed by atoms with E-state index in [9.17, 15) is 14.9 Å². The Hall–Kier alpha value is -3.83. The van der Waals surface area contributed by atoms with E-state index in [1.165, 1.54) is 13.2 Å². The van der Waals surface area contributed by atoms with E-state index in [1.54, 1.807) is 23.1 Å². The van der Waals surface area contributed by atoms with Crippen molar-refractivity contribution >= 4 is 18.0 Å². The van der Waals surface area contributed by atoms with Crippen LogP contribution in [0.1, 0.15) is 16.7 Å².